The Balaban J connectivity index is 2.06. The number of aliphatic hydroxyl groups is 1. The van der Waals surface area contributed by atoms with Crippen LogP contribution in [0, 0.1) is 0 Å². The average molecular weight is 356 g/mol. The molecule has 1 aliphatic heterocycles. The molecule has 4 nitrogen and oxygen atoms in total. The number of hydrogen-bond acceptors (Lipinski definition) is 4. The molecule has 0 aliphatic carbocycles. The van der Waals surface area contributed by atoms with Gasteiger partial charge in [-0.15, -0.1) is 0 Å². The van der Waals surface area contributed by atoms with E-state index in [4.69, 9.17) is 5.73 Å². The van der Waals surface area contributed by atoms with Gasteiger partial charge >= 0.3 is 0 Å². The fourth-order valence-corrected chi connectivity index (χ4v) is 3.25. The lowest BCUT2D eigenvalue weighted by Gasteiger charge is -2.39. The summed E-state index contributed by atoms with van der Waals surface area (Å²) in [6.45, 7) is 10.4. The molecule has 1 saturated heterocycles. The summed E-state index contributed by atoms with van der Waals surface area (Å²) >= 11 is 3.52. The van der Waals surface area contributed by atoms with Crippen LogP contribution in [-0.4, -0.2) is 48.3 Å². The summed E-state index contributed by atoms with van der Waals surface area (Å²) in [5.41, 5.74) is 7.89. The molecule has 5 heteroatoms. The van der Waals surface area contributed by atoms with Crippen LogP contribution in [0.4, 0.5) is 5.69 Å². The van der Waals surface area contributed by atoms with E-state index in [1.165, 1.54) is 11.3 Å². The fraction of sp³-hybridized carbons (Fsp3) is 0.625. The second-order valence-electron chi connectivity index (χ2n) is 6.57. The quantitative estimate of drug-likeness (QED) is 0.870. The maximum Gasteiger partial charge on any atom is 0.0718 e. The number of anilines is 1. The van der Waals surface area contributed by atoms with Gasteiger partial charge in [-0.25, -0.2) is 0 Å². The zero-order valence-electron chi connectivity index (χ0n) is 13.1. The van der Waals surface area contributed by atoms with Crippen molar-refractivity contribution in [1.82, 2.24) is 4.90 Å². The van der Waals surface area contributed by atoms with Crippen LogP contribution in [0.5, 0.6) is 0 Å². The summed E-state index contributed by atoms with van der Waals surface area (Å²) in [6, 6.07) is 6.36. The van der Waals surface area contributed by atoms with Gasteiger partial charge in [-0.2, -0.15) is 0 Å². The van der Waals surface area contributed by atoms with E-state index in [9.17, 15) is 5.11 Å². The standard InChI is InChI=1S/C16H26BrN3O/c1-12(18)14-10-13(17)4-5-15(14)20-8-6-19(7-9-20)11-16(2,3)21/h4-5,10,12,21H,6-9,11,18H2,1-3H3. The predicted octanol–water partition coefficient (Wildman–Crippen LogP) is 2.36. The molecule has 3 N–H and O–H groups in total. The molecule has 1 aromatic rings. The number of hydrogen-bond donors (Lipinski definition) is 2. The van der Waals surface area contributed by atoms with Gasteiger partial charge in [-0.1, -0.05) is 15.9 Å². The summed E-state index contributed by atoms with van der Waals surface area (Å²) in [5.74, 6) is 0. The number of halogens is 1. The second kappa shape index (κ2) is 6.65. The minimum absolute atomic E-state index is 0.0203. The number of benzene rings is 1. The lowest BCUT2D eigenvalue weighted by molar-refractivity contribution is 0.0345. The van der Waals surface area contributed by atoms with Gasteiger partial charge in [-0.3, -0.25) is 4.90 Å². The average Bonchev–Trinajstić information content (AvgIpc) is 2.38. The van der Waals surface area contributed by atoms with Crippen LogP contribution in [-0.2, 0) is 0 Å². The van der Waals surface area contributed by atoms with Gasteiger partial charge in [0.15, 0.2) is 0 Å². The zero-order chi connectivity index (χ0) is 15.6. The van der Waals surface area contributed by atoms with Crippen molar-refractivity contribution in [3.63, 3.8) is 0 Å². The molecule has 2 rings (SSSR count). The van der Waals surface area contributed by atoms with Crippen LogP contribution in [0.25, 0.3) is 0 Å². The maximum absolute atomic E-state index is 9.92. The third-order valence-corrected chi connectivity index (χ3v) is 4.30. The van der Waals surface area contributed by atoms with Crippen molar-refractivity contribution in [3.8, 4) is 0 Å². The lowest BCUT2D eigenvalue weighted by Crippen LogP contribution is -2.50. The van der Waals surface area contributed by atoms with Crippen LogP contribution < -0.4 is 10.6 Å². The van der Waals surface area contributed by atoms with E-state index in [1.807, 2.05) is 20.8 Å². The Bertz CT molecular complexity index is 477. The SMILES string of the molecule is CC(N)c1cc(Br)ccc1N1CCN(CC(C)(C)O)CC1. The van der Waals surface area contributed by atoms with Crippen molar-refractivity contribution in [3.05, 3.63) is 28.2 Å². The largest absolute Gasteiger partial charge is 0.389 e. The fourth-order valence-electron chi connectivity index (χ4n) is 2.87. The van der Waals surface area contributed by atoms with Crippen LogP contribution in [0.2, 0.25) is 0 Å². The van der Waals surface area contributed by atoms with Gasteiger partial charge in [0, 0.05) is 48.9 Å². The molecular weight excluding hydrogens is 330 g/mol. The number of nitrogens with zero attached hydrogens (tertiary/aromatic N) is 2. The van der Waals surface area contributed by atoms with Crippen molar-refractivity contribution < 1.29 is 5.11 Å². The first-order chi connectivity index (χ1) is 9.76. The molecule has 0 radical (unpaired) electrons. The first kappa shape index (κ1) is 16.7. The van der Waals surface area contributed by atoms with Crippen LogP contribution in [0.15, 0.2) is 22.7 Å². The topological polar surface area (TPSA) is 52.7 Å². The molecule has 1 atom stereocenters. The summed E-state index contributed by atoms with van der Waals surface area (Å²) in [5, 5.41) is 9.92. The smallest absolute Gasteiger partial charge is 0.0718 e. The van der Waals surface area contributed by atoms with Crippen LogP contribution in [0.1, 0.15) is 32.4 Å². The van der Waals surface area contributed by atoms with Crippen molar-refractivity contribution in [2.75, 3.05) is 37.6 Å². The molecule has 1 fully saturated rings. The number of β-amino-alcohol motifs (C(OH)–C–C–N with tert-alkyl or cyclic N) is 1. The van der Waals surface area contributed by atoms with E-state index in [1.54, 1.807) is 0 Å². The molecule has 1 aromatic carbocycles. The van der Waals surface area contributed by atoms with Crippen LogP contribution >= 0.6 is 15.9 Å². The number of rotatable bonds is 4. The van der Waals surface area contributed by atoms with E-state index in [-0.39, 0.29) is 6.04 Å². The maximum atomic E-state index is 9.92. The van der Waals surface area contributed by atoms with E-state index in [0.717, 1.165) is 37.2 Å². The monoisotopic (exact) mass is 355 g/mol. The van der Waals surface area contributed by atoms with Crippen molar-refractivity contribution in [1.29, 1.82) is 0 Å². The lowest BCUT2D eigenvalue weighted by atomic mass is 10.0. The Labute approximate surface area is 136 Å². The third-order valence-electron chi connectivity index (χ3n) is 3.80. The molecule has 1 heterocycles. The molecule has 0 amide bonds. The first-order valence-electron chi connectivity index (χ1n) is 7.51. The van der Waals surface area contributed by atoms with Gasteiger partial charge in [-0.05, 0) is 44.5 Å². The Morgan fingerprint density at radius 1 is 1.29 bits per heavy atom. The van der Waals surface area contributed by atoms with Gasteiger partial charge in [0.2, 0.25) is 0 Å². The highest BCUT2D eigenvalue weighted by Gasteiger charge is 2.24. The molecule has 118 valence electrons. The predicted molar refractivity (Wildman–Crippen MR) is 91.7 cm³/mol. The summed E-state index contributed by atoms with van der Waals surface area (Å²) < 4.78 is 1.07. The molecule has 0 spiro atoms. The molecule has 1 aliphatic rings. The van der Waals surface area contributed by atoms with Crippen LogP contribution in [0.3, 0.4) is 0 Å². The molecule has 0 aromatic heterocycles. The number of piperazine rings is 1. The zero-order valence-corrected chi connectivity index (χ0v) is 14.7. The van der Waals surface area contributed by atoms with Gasteiger partial charge in [0.1, 0.15) is 0 Å². The Hall–Kier alpha value is -0.620. The minimum atomic E-state index is -0.628. The van der Waals surface area contributed by atoms with Crippen molar-refractivity contribution in [2.45, 2.75) is 32.4 Å². The van der Waals surface area contributed by atoms with Gasteiger partial charge in [0.05, 0.1) is 5.60 Å². The Morgan fingerprint density at radius 2 is 1.90 bits per heavy atom. The van der Waals surface area contributed by atoms with E-state index in [0.29, 0.717) is 0 Å². The highest BCUT2D eigenvalue weighted by molar-refractivity contribution is 9.10. The summed E-state index contributed by atoms with van der Waals surface area (Å²) in [4.78, 5) is 4.72. The third kappa shape index (κ3) is 4.68. The summed E-state index contributed by atoms with van der Waals surface area (Å²) in [6.07, 6.45) is 0. The van der Waals surface area contributed by atoms with Crippen molar-refractivity contribution >= 4 is 21.6 Å². The highest BCUT2D eigenvalue weighted by Crippen LogP contribution is 2.29. The van der Waals surface area contributed by atoms with E-state index < -0.39 is 5.60 Å². The van der Waals surface area contributed by atoms with E-state index in [2.05, 4.69) is 43.9 Å². The molecule has 0 bridgehead atoms. The summed E-state index contributed by atoms with van der Waals surface area (Å²) in [7, 11) is 0. The van der Waals surface area contributed by atoms with Crippen molar-refractivity contribution in [2.24, 2.45) is 5.73 Å². The Morgan fingerprint density at radius 3 is 2.43 bits per heavy atom. The Kier molecular flexibility index (Phi) is 5.30. The normalized spacial score (nSPS) is 18.9. The molecule has 1 unspecified atom stereocenters. The van der Waals surface area contributed by atoms with Gasteiger partial charge < -0.3 is 15.7 Å². The van der Waals surface area contributed by atoms with E-state index >= 15 is 0 Å². The van der Waals surface area contributed by atoms with Gasteiger partial charge in [0.25, 0.3) is 0 Å². The number of nitrogens with two attached hydrogens (primary N) is 1. The molecular formula is C16H26BrN3O. The minimum Gasteiger partial charge on any atom is -0.389 e. The molecule has 0 saturated carbocycles. The first-order valence-corrected chi connectivity index (χ1v) is 8.30. The second-order valence-corrected chi connectivity index (χ2v) is 7.48. The molecule has 21 heavy (non-hydrogen) atoms. The highest BCUT2D eigenvalue weighted by atomic mass is 79.9.